The molecule has 4 aromatic rings. The Balaban J connectivity index is 1.39. The first-order valence-corrected chi connectivity index (χ1v) is 8.68. The molecular weight excluding hydrogens is 328 g/mol. The molecule has 1 saturated heterocycles. The molecular formula is C18H18N8. The summed E-state index contributed by atoms with van der Waals surface area (Å²) in [5.74, 6) is 2.76. The SMILES string of the molecule is Cc1nnc2ccc(N3CCN(c4ncnc5ccccc45)CC3)nn12. The van der Waals surface area contributed by atoms with Crippen LogP contribution >= 0.6 is 0 Å². The molecule has 0 spiro atoms. The fourth-order valence-corrected chi connectivity index (χ4v) is 3.45. The van der Waals surface area contributed by atoms with Crippen molar-refractivity contribution in [3.8, 4) is 0 Å². The van der Waals surface area contributed by atoms with Gasteiger partial charge in [0.15, 0.2) is 11.5 Å². The molecule has 4 heterocycles. The topological polar surface area (TPSA) is 75.3 Å². The molecule has 0 saturated carbocycles. The van der Waals surface area contributed by atoms with E-state index in [-0.39, 0.29) is 0 Å². The van der Waals surface area contributed by atoms with E-state index >= 15 is 0 Å². The van der Waals surface area contributed by atoms with Gasteiger partial charge in [-0.05, 0) is 31.2 Å². The zero-order valence-electron chi connectivity index (χ0n) is 14.4. The van der Waals surface area contributed by atoms with Crippen LogP contribution in [0.3, 0.4) is 0 Å². The minimum atomic E-state index is 0.775. The van der Waals surface area contributed by atoms with E-state index in [1.165, 1.54) is 0 Å². The smallest absolute Gasteiger partial charge is 0.178 e. The summed E-state index contributed by atoms with van der Waals surface area (Å²) in [6.45, 7) is 5.47. The van der Waals surface area contributed by atoms with Gasteiger partial charge in [-0.15, -0.1) is 15.3 Å². The molecule has 26 heavy (non-hydrogen) atoms. The van der Waals surface area contributed by atoms with Crippen molar-refractivity contribution in [2.45, 2.75) is 6.92 Å². The number of benzene rings is 1. The number of anilines is 2. The lowest BCUT2D eigenvalue weighted by Crippen LogP contribution is -2.47. The van der Waals surface area contributed by atoms with Crippen molar-refractivity contribution in [3.63, 3.8) is 0 Å². The quantitative estimate of drug-likeness (QED) is 0.547. The van der Waals surface area contributed by atoms with Crippen LogP contribution in [-0.2, 0) is 0 Å². The van der Waals surface area contributed by atoms with Crippen LogP contribution in [0.25, 0.3) is 16.6 Å². The van der Waals surface area contributed by atoms with Crippen LogP contribution in [-0.4, -0.2) is 56.0 Å². The van der Waals surface area contributed by atoms with Crippen LogP contribution in [0, 0.1) is 6.92 Å². The van der Waals surface area contributed by atoms with Gasteiger partial charge in [0.1, 0.15) is 18.0 Å². The lowest BCUT2D eigenvalue weighted by molar-refractivity contribution is 0.636. The van der Waals surface area contributed by atoms with E-state index in [0.717, 1.165) is 60.2 Å². The van der Waals surface area contributed by atoms with Gasteiger partial charge in [-0.25, -0.2) is 9.97 Å². The maximum atomic E-state index is 4.68. The molecule has 1 aromatic carbocycles. The molecule has 1 aliphatic heterocycles. The van der Waals surface area contributed by atoms with Gasteiger partial charge in [-0.1, -0.05) is 12.1 Å². The molecule has 0 N–H and O–H groups in total. The van der Waals surface area contributed by atoms with Crippen LogP contribution < -0.4 is 9.80 Å². The normalized spacial score (nSPS) is 15.1. The fraction of sp³-hybridized carbons (Fsp3) is 0.278. The van der Waals surface area contributed by atoms with Gasteiger partial charge in [0.2, 0.25) is 0 Å². The third kappa shape index (κ3) is 2.42. The Bertz CT molecular complexity index is 1080. The first-order chi connectivity index (χ1) is 12.8. The molecule has 5 rings (SSSR count). The zero-order chi connectivity index (χ0) is 17.5. The number of aromatic nitrogens is 6. The summed E-state index contributed by atoms with van der Waals surface area (Å²) in [4.78, 5) is 13.5. The van der Waals surface area contributed by atoms with E-state index in [1.807, 2.05) is 37.3 Å². The Labute approximate surface area is 150 Å². The summed E-state index contributed by atoms with van der Waals surface area (Å²) < 4.78 is 1.79. The number of aryl methyl sites for hydroxylation is 1. The van der Waals surface area contributed by atoms with Gasteiger partial charge in [-0.3, -0.25) is 0 Å². The van der Waals surface area contributed by atoms with Crippen molar-refractivity contribution in [1.82, 2.24) is 29.8 Å². The van der Waals surface area contributed by atoms with E-state index in [0.29, 0.717) is 0 Å². The molecule has 130 valence electrons. The van der Waals surface area contributed by atoms with Crippen LogP contribution in [0.4, 0.5) is 11.6 Å². The van der Waals surface area contributed by atoms with Gasteiger partial charge in [0, 0.05) is 31.6 Å². The highest BCUT2D eigenvalue weighted by Crippen LogP contribution is 2.24. The zero-order valence-corrected chi connectivity index (χ0v) is 14.4. The van der Waals surface area contributed by atoms with Crippen molar-refractivity contribution in [3.05, 3.63) is 48.5 Å². The van der Waals surface area contributed by atoms with E-state index in [1.54, 1.807) is 10.8 Å². The summed E-state index contributed by atoms with van der Waals surface area (Å²) in [6, 6.07) is 12.1. The van der Waals surface area contributed by atoms with Crippen LogP contribution in [0.15, 0.2) is 42.7 Å². The van der Waals surface area contributed by atoms with Crippen LogP contribution in [0.5, 0.6) is 0 Å². The predicted molar refractivity (Wildman–Crippen MR) is 99.5 cm³/mol. The van der Waals surface area contributed by atoms with Crippen LogP contribution in [0.2, 0.25) is 0 Å². The molecule has 1 fully saturated rings. The molecule has 0 atom stereocenters. The first kappa shape index (κ1) is 15.0. The minimum Gasteiger partial charge on any atom is -0.352 e. The van der Waals surface area contributed by atoms with Gasteiger partial charge in [0.05, 0.1) is 5.52 Å². The Morgan fingerprint density at radius 1 is 0.846 bits per heavy atom. The maximum absolute atomic E-state index is 4.68. The Morgan fingerprint density at radius 3 is 2.54 bits per heavy atom. The van der Waals surface area contributed by atoms with Gasteiger partial charge < -0.3 is 9.80 Å². The van der Waals surface area contributed by atoms with Crippen molar-refractivity contribution in [1.29, 1.82) is 0 Å². The number of nitrogens with zero attached hydrogens (tertiary/aromatic N) is 8. The molecule has 0 amide bonds. The number of fused-ring (bicyclic) bond motifs is 2. The highest BCUT2D eigenvalue weighted by molar-refractivity contribution is 5.89. The number of hydrogen-bond donors (Lipinski definition) is 0. The molecule has 0 bridgehead atoms. The van der Waals surface area contributed by atoms with E-state index in [4.69, 9.17) is 0 Å². The summed E-state index contributed by atoms with van der Waals surface area (Å²) in [7, 11) is 0. The summed E-state index contributed by atoms with van der Waals surface area (Å²) in [5.41, 5.74) is 1.76. The number of rotatable bonds is 2. The van der Waals surface area contributed by atoms with Gasteiger partial charge in [0.25, 0.3) is 0 Å². The predicted octanol–water partition coefficient (Wildman–Crippen LogP) is 1.70. The lowest BCUT2D eigenvalue weighted by atomic mass is 10.2. The number of hydrogen-bond acceptors (Lipinski definition) is 7. The van der Waals surface area contributed by atoms with Crippen molar-refractivity contribution < 1.29 is 0 Å². The maximum Gasteiger partial charge on any atom is 0.178 e. The lowest BCUT2D eigenvalue weighted by Gasteiger charge is -2.36. The molecule has 0 aliphatic carbocycles. The number of piperazine rings is 1. The summed E-state index contributed by atoms with van der Waals surface area (Å²) in [5, 5.41) is 13.9. The van der Waals surface area contributed by atoms with Crippen molar-refractivity contribution >= 4 is 28.2 Å². The second-order valence-corrected chi connectivity index (χ2v) is 6.40. The average Bonchev–Trinajstić information content (AvgIpc) is 3.08. The van der Waals surface area contributed by atoms with Crippen molar-refractivity contribution in [2.75, 3.05) is 36.0 Å². The molecule has 0 radical (unpaired) electrons. The highest BCUT2D eigenvalue weighted by Gasteiger charge is 2.21. The second-order valence-electron chi connectivity index (χ2n) is 6.40. The molecule has 8 heteroatoms. The summed E-state index contributed by atoms with van der Waals surface area (Å²) in [6.07, 6.45) is 1.65. The Kier molecular flexibility index (Phi) is 3.41. The van der Waals surface area contributed by atoms with Gasteiger partial charge >= 0.3 is 0 Å². The van der Waals surface area contributed by atoms with Gasteiger partial charge in [-0.2, -0.15) is 4.52 Å². The van der Waals surface area contributed by atoms with E-state index in [2.05, 4.69) is 41.1 Å². The Hall–Kier alpha value is -3.29. The largest absolute Gasteiger partial charge is 0.352 e. The van der Waals surface area contributed by atoms with E-state index in [9.17, 15) is 0 Å². The van der Waals surface area contributed by atoms with Crippen LogP contribution in [0.1, 0.15) is 5.82 Å². The number of para-hydroxylation sites is 1. The monoisotopic (exact) mass is 346 g/mol. The van der Waals surface area contributed by atoms with Crippen molar-refractivity contribution in [2.24, 2.45) is 0 Å². The Morgan fingerprint density at radius 2 is 1.65 bits per heavy atom. The minimum absolute atomic E-state index is 0.775. The third-order valence-corrected chi connectivity index (χ3v) is 4.83. The highest BCUT2D eigenvalue weighted by atomic mass is 15.4. The fourth-order valence-electron chi connectivity index (χ4n) is 3.45. The standard InChI is InChI=1S/C18H18N8/c1-13-21-22-16-6-7-17(23-26(13)16)24-8-10-25(11-9-24)18-14-4-2-3-5-15(14)19-12-20-18/h2-7,12H,8-11H2,1H3. The van der Waals surface area contributed by atoms with E-state index < -0.39 is 0 Å². The molecule has 1 aliphatic rings. The molecule has 3 aromatic heterocycles. The first-order valence-electron chi connectivity index (χ1n) is 8.68. The second kappa shape index (κ2) is 5.91. The molecule has 0 unspecified atom stereocenters. The summed E-state index contributed by atoms with van der Waals surface area (Å²) >= 11 is 0. The average molecular weight is 346 g/mol. The molecule has 8 nitrogen and oxygen atoms in total. The third-order valence-electron chi connectivity index (χ3n) is 4.83.